The van der Waals surface area contributed by atoms with E-state index in [1.165, 1.54) is 12.1 Å². The van der Waals surface area contributed by atoms with Gasteiger partial charge >= 0.3 is 0 Å². The van der Waals surface area contributed by atoms with Crippen molar-refractivity contribution in [2.24, 2.45) is 5.92 Å². The third-order valence-corrected chi connectivity index (χ3v) is 6.16. The molecule has 0 aliphatic carbocycles. The van der Waals surface area contributed by atoms with E-state index in [1.54, 1.807) is 4.90 Å². The van der Waals surface area contributed by atoms with Gasteiger partial charge in [0.15, 0.2) is 9.84 Å². The molecule has 1 N–H and O–H groups in total. The topological polar surface area (TPSA) is 66.5 Å². The lowest BCUT2D eigenvalue weighted by molar-refractivity contribution is -0.124. The van der Waals surface area contributed by atoms with Crippen LogP contribution in [-0.2, 0) is 14.6 Å². The highest BCUT2D eigenvalue weighted by Crippen LogP contribution is 2.25. The van der Waals surface area contributed by atoms with Crippen LogP contribution in [0, 0.1) is 17.6 Å². The van der Waals surface area contributed by atoms with Gasteiger partial charge in [-0.2, -0.15) is 0 Å². The number of nitrogens with one attached hydrogen (secondary N) is 1. The van der Waals surface area contributed by atoms with Gasteiger partial charge in [-0.25, -0.2) is 17.2 Å². The highest BCUT2D eigenvalue weighted by atomic mass is 32.2. The minimum Gasteiger partial charge on any atom is -0.367 e. The number of nitrogens with zero attached hydrogens (tertiary/aromatic N) is 1. The van der Waals surface area contributed by atoms with E-state index in [2.05, 4.69) is 5.32 Å². The van der Waals surface area contributed by atoms with E-state index in [-0.39, 0.29) is 23.5 Å². The van der Waals surface area contributed by atoms with Crippen molar-refractivity contribution in [1.29, 1.82) is 0 Å². The third-order valence-electron chi connectivity index (χ3n) is 4.39. The number of benzene rings is 1. The van der Waals surface area contributed by atoms with Crippen LogP contribution >= 0.6 is 0 Å². The van der Waals surface area contributed by atoms with Crippen molar-refractivity contribution < 1.29 is 22.0 Å². The van der Waals surface area contributed by atoms with E-state index in [0.29, 0.717) is 31.6 Å². The Bertz CT molecular complexity index is 723. The summed E-state index contributed by atoms with van der Waals surface area (Å²) in [5, 5.41) is 2.85. The second-order valence-electron chi connectivity index (χ2n) is 6.14. The predicted molar refractivity (Wildman–Crippen MR) is 81.9 cm³/mol. The van der Waals surface area contributed by atoms with Gasteiger partial charge in [-0.15, -0.1) is 0 Å². The summed E-state index contributed by atoms with van der Waals surface area (Å²) in [7, 11) is -3.09. The molecule has 0 spiro atoms. The molecule has 2 fully saturated rings. The molecule has 2 atom stereocenters. The molecule has 2 heterocycles. The van der Waals surface area contributed by atoms with Crippen molar-refractivity contribution >= 4 is 21.4 Å². The normalized spacial score (nSPS) is 26.4. The largest absolute Gasteiger partial charge is 0.367 e. The number of anilines is 1. The number of hydrogen-bond acceptors (Lipinski definition) is 4. The molecule has 2 aliphatic heterocycles. The molecule has 1 aromatic carbocycles. The SMILES string of the molecule is O=C(N[C@H]1CCN(c2ccc(F)cc2F)C1)[C@@H]1CCS(=O)(=O)C1. The molecule has 0 saturated carbocycles. The first kappa shape index (κ1) is 16.2. The van der Waals surface area contributed by atoms with Crippen molar-refractivity contribution in [3.8, 4) is 0 Å². The zero-order valence-electron chi connectivity index (χ0n) is 12.5. The van der Waals surface area contributed by atoms with Crippen molar-refractivity contribution in [3.63, 3.8) is 0 Å². The average molecular weight is 344 g/mol. The van der Waals surface area contributed by atoms with Crippen LogP contribution < -0.4 is 10.2 Å². The maximum Gasteiger partial charge on any atom is 0.224 e. The highest BCUT2D eigenvalue weighted by molar-refractivity contribution is 7.91. The summed E-state index contributed by atoms with van der Waals surface area (Å²) in [5.41, 5.74) is 0.312. The fourth-order valence-corrected chi connectivity index (χ4v) is 4.90. The van der Waals surface area contributed by atoms with Gasteiger partial charge in [-0.3, -0.25) is 4.79 Å². The van der Waals surface area contributed by atoms with Crippen molar-refractivity contribution in [2.75, 3.05) is 29.5 Å². The lowest BCUT2D eigenvalue weighted by atomic mass is 10.1. The van der Waals surface area contributed by atoms with Crippen molar-refractivity contribution in [3.05, 3.63) is 29.8 Å². The fourth-order valence-electron chi connectivity index (χ4n) is 3.16. The van der Waals surface area contributed by atoms with Gasteiger partial charge in [0.05, 0.1) is 23.1 Å². The molecule has 1 amide bonds. The number of carbonyl (C=O) groups excluding carboxylic acids is 1. The van der Waals surface area contributed by atoms with Gasteiger partial charge in [0.1, 0.15) is 11.6 Å². The van der Waals surface area contributed by atoms with Gasteiger partial charge in [0, 0.05) is 25.2 Å². The van der Waals surface area contributed by atoms with E-state index in [9.17, 15) is 22.0 Å². The first-order valence-electron chi connectivity index (χ1n) is 7.55. The Balaban J connectivity index is 1.59. The first-order chi connectivity index (χ1) is 10.8. The minimum atomic E-state index is -3.09. The Kier molecular flexibility index (Phi) is 4.27. The summed E-state index contributed by atoms with van der Waals surface area (Å²) in [6.07, 6.45) is 0.999. The maximum absolute atomic E-state index is 13.8. The minimum absolute atomic E-state index is 0.0582. The number of hydrogen-bond donors (Lipinski definition) is 1. The van der Waals surface area contributed by atoms with Crippen LogP contribution in [0.5, 0.6) is 0 Å². The summed E-state index contributed by atoms with van der Waals surface area (Å²) >= 11 is 0. The molecule has 5 nitrogen and oxygen atoms in total. The number of halogens is 2. The van der Waals surface area contributed by atoms with E-state index in [1.807, 2.05) is 0 Å². The Hall–Kier alpha value is -1.70. The number of carbonyl (C=O) groups is 1. The van der Waals surface area contributed by atoms with Gasteiger partial charge in [-0.05, 0) is 25.0 Å². The van der Waals surface area contributed by atoms with Gasteiger partial charge < -0.3 is 10.2 Å². The molecular formula is C15H18F2N2O3S. The lowest BCUT2D eigenvalue weighted by Crippen LogP contribution is -2.41. The quantitative estimate of drug-likeness (QED) is 0.892. The first-order valence-corrected chi connectivity index (χ1v) is 9.37. The van der Waals surface area contributed by atoms with Crippen molar-refractivity contribution in [2.45, 2.75) is 18.9 Å². The number of rotatable bonds is 3. The zero-order chi connectivity index (χ0) is 16.6. The Morgan fingerprint density at radius 2 is 2.04 bits per heavy atom. The predicted octanol–water partition coefficient (Wildman–Crippen LogP) is 1.09. The Morgan fingerprint density at radius 3 is 2.70 bits per heavy atom. The van der Waals surface area contributed by atoms with E-state index in [0.717, 1.165) is 6.07 Å². The molecule has 23 heavy (non-hydrogen) atoms. The summed E-state index contributed by atoms with van der Waals surface area (Å²) in [6.45, 7) is 0.976. The van der Waals surface area contributed by atoms with E-state index in [4.69, 9.17) is 0 Å². The summed E-state index contributed by atoms with van der Waals surface area (Å²) in [4.78, 5) is 13.9. The number of amides is 1. The van der Waals surface area contributed by atoms with Gasteiger partial charge in [0.2, 0.25) is 5.91 Å². The maximum atomic E-state index is 13.8. The molecular weight excluding hydrogens is 326 g/mol. The van der Waals surface area contributed by atoms with Crippen LogP contribution in [0.2, 0.25) is 0 Å². The lowest BCUT2D eigenvalue weighted by Gasteiger charge is -2.20. The molecule has 2 aliphatic rings. The molecule has 2 saturated heterocycles. The molecule has 0 unspecified atom stereocenters. The summed E-state index contributed by atoms with van der Waals surface area (Å²) < 4.78 is 49.6. The standard InChI is InChI=1S/C15H18F2N2O3S/c16-11-1-2-14(13(17)7-11)19-5-3-12(8-19)18-15(20)10-4-6-23(21,22)9-10/h1-2,7,10,12H,3-6,8-9H2,(H,18,20)/t10-,12+/m1/s1. The Labute approximate surface area is 133 Å². The van der Waals surface area contributed by atoms with Crippen LogP contribution in [0.4, 0.5) is 14.5 Å². The van der Waals surface area contributed by atoms with Crippen LogP contribution in [-0.4, -0.2) is 45.0 Å². The van der Waals surface area contributed by atoms with Crippen LogP contribution in [0.25, 0.3) is 0 Å². The Morgan fingerprint density at radius 1 is 1.26 bits per heavy atom. The average Bonchev–Trinajstić information content (AvgIpc) is 3.05. The molecule has 0 radical (unpaired) electrons. The van der Waals surface area contributed by atoms with Gasteiger partial charge in [-0.1, -0.05) is 0 Å². The smallest absolute Gasteiger partial charge is 0.224 e. The highest BCUT2D eigenvalue weighted by Gasteiger charge is 2.35. The summed E-state index contributed by atoms with van der Waals surface area (Å²) in [6, 6.07) is 3.27. The van der Waals surface area contributed by atoms with Crippen LogP contribution in [0.1, 0.15) is 12.8 Å². The molecule has 3 rings (SSSR count). The molecule has 126 valence electrons. The number of sulfone groups is 1. The van der Waals surface area contributed by atoms with Gasteiger partial charge in [0.25, 0.3) is 0 Å². The van der Waals surface area contributed by atoms with E-state index >= 15 is 0 Å². The molecule has 0 bridgehead atoms. The van der Waals surface area contributed by atoms with Crippen molar-refractivity contribution in [1.82, 2.24) is 5.32 Å². The zero-order valence-corrected chi connectivity index (χ0v) is 13.3. The van der Waals surface area contributed by atoms with E-state index < -0.39 is 27.4 Å². The second kappa shape index (κ2) is 6.07. The van der Waals surface area contributed by atoms with Crippen LogP contribution in [0.3, 0.4) is 0 Å². The summed E-state index contributed by atoms with van der Waals surface area (Å²) in [5.74, 6) is -2.03. The third kappa shape index (κ3) is 3.63. The van der Waals surface area contributed by atoms with Crippen LogP contribution in [0.15, 0.2) is 18.2 Å². The molecule has 8 heteroatoms. The fraction of sp³-hybridized carbons (Fsp3) is 0.533. The second-order valence-corrected chi connectivity index (χ2v) is 8.36. The molecule has 1 aromatic rings. The molecule has 0 aromatic heterocycles. The monoisotopic (exact) mass is 344 g/mol.